The van der Waals surface area contributed by atoms with Gasteiger partial charge in [-0.3, -0.25) is 4.68 Å². The molecule has 0 aromatic carbocycles. The first-order valence-electron chi connectivity index (χ1n) is 9.77. The number of aromatic nitrogens is 7. The first-order chi connectivity index (χ1) is 14.3. The van der Waals surface area contributed by atoms with Crippen molar-refractivity contribution < 1.29 is 13.2 Å². The molecule has 0 aliphatic carbocycles. The fourth-order valence-electron chi connectivity index (χ4n) is 2.95. The van der Waals surface area contributed by atoms with Gasteiger partial charge in [0.05, 0.1) is 18.1 Å². The largest absolute Gasteiger partial charge is 0.421 e. The van der Waals surface area contributed by atoms with Crippen LogP contribution in [0.2, 0.25) is 0 Å². The second-order valence-corrected chi connectivity index (χ2v) is 8.48. The molecule has 0 saturated heterocycles. The number of hydrogen-bond acceptors (Lipinski definition) is 7. The summed E-state index contributed by atoms with van der Waals surface area (Å²) >= 11 is 0. The average molecular weight is 431 g/mol. The minimum absolute atomic E-state index is 0.0240. The molecular formula is C16H23B3F3N9. The summed E-state index contributed by atoms with van der Waals surface area (Å²) < 4.78 is 41.5. The standard InChI is InChI=1S/C16H23B3F3N9/c1-4-23-12-9(15(20,21)22)8-24-13(28-12)27-11-7-10(29-30(11)16(17,18)19)14(2,3)31-25-5-6-26-31/h5-8H,4,17-19H2,1-3H3,(H2,23,24,27,28). The summed E-state index contributed by atoms with van der Waals surface area (Å²) in [4.78, 5) is 9.46. The average Bonchev–Trinajstić information content (AvgIpc) is 3.31. The van der Waals surface area contributed by atoms with Crippen molar-refractivity contribution in [1.29, 1.82) is 0 Å². The van der Waals surface area contributed by atoms with Gasteiger partial charge in [-0.2, -0.15) is 38.2 Å². The van der Waals surface area contributed by atoms with Crippen molar-refractivity contribution in [2.75, 3.05) is 17.2 Å². The van der Waals surface area contributed by atoms with E-state index in [-0.39, 0.29) is 18.3 Å². The van der Waals surface area contributed by atoms with Crippen molar-refractivity contribution >= 4 is 41.1 Å². The smallest absolute Gasteiger partial charge is 0.370 e. The number of hydrogen-bond donors (Lipinski definition) is 2. The Balaban J connectivity index is 2.03. The Kier molecular flexibility index (Phi) is 5.81. The topological polar surface area (TPSA) is 98.4 Å². The van der Waals surface area contributed by atoms with Gasteiger partial charge in [0, 0.05) is 18.8 Å². The van der Waals surface area contributed by atoms with Gasteiger partial charge in [0.15, 0.2) is 0 Å². The minimum atomic E-state index is -4.56. The van der Waals surface area contributed by atoms with Crippen LogP contribution in [0, 0.1) is 0 Å². The number of anilines is 3. The van der Waals surface area contributed by atoms with Crippen LogP contribution in [0.25, 0.3) is 0 Å². The molecule has 0 radical (unpaired) electrons. The zero-order valence-corrected chi connectivity index (χ0v) is 18.3. The third-order valence-electron chi connectivity index (χ3n) is 4.57. The van der Waals surface area contributed by atoms with E-state index in [0.29, 0.717) is 11.5 Å². The summed E-state index contributed by atoms with van der Waals surface area (Å²) in [5.74, 6) is 0.275. The number of halogens is 3. The number of nitrogens with one attached hydrogen (secondary N) is 2. The van der Waals surface area contributed by atoms with Gasteiger partial charge < -0.3 is 10.6 Å². The van der Waals surface area contributed by atoms with Crippen LogP contribution in [0.1, 0.15) is 32.0 Å². The Morgan fingerprint density at radius 2 is 1.74 bits per heavy atom. The summed E-state index contributed by atoms with van der Waals surface area (Å²) in [6.07, 6.45) is -0.624. The maximum absolute atomic E-state index is 13.3. The molecule has 0 bridgehead atoms. The maximum atomic E-state index is 13.3. The Hall–Kier alpha value is -2.99. The third-order valence-corrected chi connectivity index (χ3v) is 4.57. The van der Waals surface area contributed by atoms with E-state index in [4.69, 9.17) is 5.10 Å². The molecule has 0 unspecified atom stereocenters. The second-order valence-electron chi connectivity index (χ2n) is 8.48. The van der Waals surface area contributed by atoms with Crippen molar-refractivity contribution in [3.05, 3.63) is 35.9 Å². The highest BCUT2D eigenvalue weighted by Gasteiger charge is 2.35. The lowest BCUT2D eigenvalue weighted by atomic mass is 9.49. The van der Waals surface area contributed by atoms with Gasteiger partial charge in [-0.15, -0.1) is 0 Å². The number of nitrogens with zero attached hydrogens (tertiary/aromatic N) is 7. The molecule has 0 aliphatic heterocycles. The van der Waals surface area contributed by atoms with E-state index in [1.54, 1.807) is 34.9 Å². The molecule has 3 rings (SSSR count). The van der Waals surface area contributed by atoms with Crippen LogP contribution >= 0.6 is 0 Å². The summed E-state index contributed by atoms with van der Waals surface area (Å²) in [6.45, 7) is 5.82. The third kappa shape index (κ3) is 4.69. The van der Waals surface area contributed by atoms with Gasteiger partial charge >= 0.3 is 6.18 Å². The monoisotopic (exact) mass is 431 g/mol. The highest BCUT2D eigenvalue weighted by atomic mass is 19.4. The van der Waals surface area contributed by atoms with Crippen LogP contribution in [0.3, 0.4) is 0 Å². The van der Waals surface area contributed by atoms with Gasteiger partial charge in [0.25, 0.3) is 0 Å². The molecule has 3 aromatic rings. The lowest BCUT2D eigenvalue weighted by Crippen LogP contribution is -2.38. The van der Waals surface area contributed by atoms with Gasteiger partial charge in [0.1, 0.15) is 46.3 Å². The van der Waals surface area contributed by atoms with Crippen molar-refractivity contribution in [3.8, 4) is 0 Å². The maximum Gasteiger partial charge on any atom is 0.421 e. The van der Waals surface area contributed by atoms with E-state index < -0.39 is 22.5 Å². The Bertz CT molecular complexity index is 1040. The summed E-state index contributed by atoms with van der Waals surface area (Å²) in [6, 6.07) is 1.79. The first kappa shape index (κ1) is 22.7. The van der Waals surface area contributed by atoms with Crippen molar-refractivity contribution in [1.82, 2.24) is 34.7 Å². The van der Waals surface area contributed by atoms with Crippen LogP contribution in [-0.2, 0) is 17.0 Å². The fraction of sp³-hybridized carbons (Fsp3) is 0.438. The van der Waals surface area contributed by atoms with E-state index in [9.17, 15) is 13.2 Å². The van der Waals surface area contributed by atoms with Gasteiger partial charge in [0.2, 0.25) is 5.95 Å². The molecule has 31 heavy (non-hydrogen) atoms. The van der Waals surface area contributed by atoms with Crippen LogP contribution < -0.4 is 10.6 Å². The molecule has 0 fully saturated rings. The molecule has 162 valence electrons. The van der Waals surface area contributed by atoms with Crippen molar-refractivity contribution in [3.63, 3.8) is 0 Å². The van der Waals surface area contributed by atoms with Gasteiger partial charge in [-0.25, -0.2) is 4.98 Å². The minimum Gasteiger partial charge on any atom is -0.370 e. The molecule has 0 aliphatic rings. The summed E-state index contributed by atoms with van der Waals surface area (Å²) in [7, 11) is 5.89. The zero-order valence-electron chi connectivity index (χ0n) is 18.3. The first-order valence-corrected chi connectivity index (χ1v) is 9.77. The van der Waals surface area contributed by atoms with E-state index >= 15 is 0 Å². The molecule has 9 nitrogen and oxygen atoms in total. The van der Waals surface area contributed by atoms with E-state index in [1.165, 1.54) is 0 Å². The Morgan fingerprint density at radius 3 is 2.29 bits per heavy atom. The molecule has 2 N–H and O–H groups in total. The fourth-order valence-corrected chi connectivity index (χ4v) is 2.95. The predicted octanol–water partition coefficient (Wildman–Crippen LogP) is -0.291. The van der Waals surface area contributed by atoms with Crippen molar-refractivity contribution in [2.45, 2.75) is 37.7 Å². The van der Waals surface area contributed by atoms with Gasteiger partial charge in [-0.05, 0) is 26.0 Å². The second kappa shape index (κ2) is 7.93. The van der Waals surface area contributed by atoms with E-state index in [2.05, 4.69) is 30.8 Å². The number of alkyl halides is 3. The molecule has 0 amide bonds. The Morgan fingerprint density at radius 1 is 1.10 bits per heavy atom. The zero-order chi connectivity index (χ0) is 23.0. The quantitative estimate of drug-likeness (QED) is 0.497. The van der Waals surface area contributed by atoms with E-state index in [0.717, 1.165) is 6.20 Å². The molecule has 15 heteroatoms. The Labute approximate surface area is 180 Å². The molecule has 3 aromatic heterocycles. The number of rotatable bonds is 7. The van der Waals surface area contributed by atoms with Gasteiger partial charge in [-0.1, -0.05) is 0 Å². The predicted molar refractivity (Wildman–Crippen MR) is 119 cm³/mol. The highest BCUT2D eigenvalue weighted by molar-refractivity contribution is 6.56. The SMILES string of the molecule is BC(B)(B)n1nc(C(C)(C)n2nccn2)cc1Nc1ncc(C(F)(F)F)c(NCC)n1. The van der Waals surface area contributed by atoms with Crippen molar-refractivity contribution in [2.24, 2.45) is 0 Å². The van der Waals surface area contributed by atoms with Crippen LogP contribution in [0.4, 0.5) is 30.8 Å². The van der Waals surface area contributed by atoms with E-state index in [1.807, 2.05) is 37.4 Å². The molecule has 0 spiro atoms. The lowest BCUT2D eigenvalue weighted by Gasteiger charge is -2.24. The molecule has 3 heterocycles. The summed E-state index contributed by atoms with van der Waals surface area (Å²) in [5.41, 5.74) is -0.914. The van der Waals surface area contributed by atoms with Crippen LogP contribution in [0.15, 0.2) is 24.7 Å². The highest BCUT2D eigenvalue weighted by Crippen LogP contribution is 2.34. The van der Waals surface area contributed by atoms with Crippen LogP contribution in [-0.4, -0.2) is 64.8 Å². The molecule has 0 saturated carbocycles. The summed E-state index contributed by atoms with van der Waals surface area (Å²) in [5, 5.41) is 18.4. The normalized spacial score (nSPS) is 12.7. The molecular weight excluding hydrogens is 408 g/mol. The van der Waals surface area contributed by atoms with Crippen LogP contribution in [0.5, 0.6) is 0 Å². The molecule has 0 atom stereocenters. The lowest BCUT2D eigenvalue weighted by molar-refractivity contribution is -0.137.